The van der Waals surface area contributed by atoms with E-state index in [1.165, 1.54) is 6.33 Å². The molecule has 1 fully saturated rings. The Morgan fingerprint density at radius 1 is 1.00 bits per heavy atom. The standard InChI is InChI=1S/C22H23ClN6O2/c23-18-7-4-8-19(15-18)27-11-13-28(14-12-27)22-20(29(30)31)21(25-16-26-22)24-10-9-17-5-2-1-3-6-17/h1-8,15-16H,9-14H2,(H,24,25,26). The van der Waals surface area contributed by atoms with Crippen molar-refractivity contribution in [2.24, 2.45) is 0 Å². The lowest BCUT2D eigenvalue weighted by atomic mass is 10.1. The number of hydrogen-bond donors (Lipinski definition) is 1. The molecule has 0 radical (unpaired) electrons. The van der Waals surface area contributed by atoms with Gasteiger partial charge in [0.25, 0.3) is 0 Å². The van der Waals surface area contributed by atoms with E-state index in [1.807, 2.05) is 59.5 Å². The lowest BCUT2D eigenvalue weighted by Crippen LogP contribution is -2.47. The Morgan fingerprint density at radius 3 is 2.45 bits per heavy atom. The molecular formula is C22H23ClN6O2. The number of anilines is 3. The Bertz CT molecular complexity index is 1040. The fourth-order valence-corrected chi connectivity index (χ4v) is 3.90. The minimum Gasteiger partial charge on any atom is -0.368 e. The van der Waals surface area contributed by atoms with Gasteiger partial charge in [0.1, 0.15) is 6.33 Å². The van der Waals surface area contributed by atoms with Crippen LogP contribution in [0, 0.1) is 10.1 Å². The molecule has 0 atom stereocenters. The zero-order valence-corrected chi connectivity index (χ0v) is 17.7. The lowest BCUT2D eigenvalue weighted by Gasteiger charge is -2.36. The molecule has 2 heterocycles. The van der Waals surface area contributed by atoms with Gasteiger partial charge in [-0.25, -0.2) is 9.97 Å². The van der Waals surface area contributed by atoms with Gasteiger partial charge in [0, 0.05) is 43.4 Å². The molecule has 8 nitrogen and oxygen atoms in total. The normalized spacial score (nSPS) is 13.8. The highest BCUT2D eigenvalue weighted by atomic mass is 35.5. The average molecular weight is 439 g/mol. The molecule has 1 aliphatic heterocycles. The highest BCUT2D eigenvalue weighted by Gasteiger charge is 2.29. The number of nitrogens with zero attached hydrogens (tertiary/aromatic N) is 5. The molecule has 2 aromatic carbocycles. The van der Waals surface area contributed by atoms with Crippen molar-refractivity contribution < 1.29 is 4.92 Å². The second kappa shape index (κ2) is 9.61. The number of aromatic nitrogens is 2. The first-order valence-corrected chi connectivity index (χ1v) is 10.5. The van der Waals surface area contributed by atoms with Crippen LogP contribution in [0.3, 0.4) is 0 Å². The van der Waals surface area contributed by atoms with Crippen molar-refractivity contribution in [1.82, 2.24) is 9.97 Å². The Balaban J connectivity index is 1.46. The summed E-state index contributed by atoms with van der Waals surface area (Å²) in [4.78, 5) is 24.0. The molecule has 0 amide bonds. The third-order valence-corrected chi connectivity index (χ3v) is 5.52. The van der Waals surface area contributed by atoms with Gasteiger partial charge in [-0.05, 0) is 30.2 Å². The molecule has 1 aromatic heterocycles. The Morgan fingerprint density at radius 2 is 1.74 bits per heavy atom. The van der Waals surface area contributed by atoms with E-state index in [4.69, 9.17) is 11.6 Å². The summed E-state index contributed by atoms with van der Waals surface area (Å²) in [6.45, 7) is 3.22. The third kappa shape index (κ3) is 5.03. The molecule has 1 N–H and O–H groups in total. The van der Waals surface area contributed by atoms with Gasteiger partial charge < -0.3 is 15.1 Å². The zero-order valence-electron chi connectivity index (χ0n) is 16.9. The summed E-state index contributed by atoms with van der Waals surface area (Å²) >= 11 is 6.11. The SMILES string of the molecule is O=[N+]([O-])c1c(NCCc2ccccc2)ncnc1N1CCN(c2cccc(Cl)c2)CC1. The Kier molecular flexibility index (Phi) is 6.47. The van der Waals surface area contributed by atoms with E-state index >= 15 is 0 Å². The van der Waals surface area contributed by atoms with Crippen molar-refractivity contribution in [3.05, 3.63) is 81.6 Å². The van der Waals surface area contributed by atoms with Crippen molar-refractivity contribution in [1.29, 1.82) is 0 Å². The summed E-state index contributed by atoms with van der Waals surface area (Å²) in [6, 6.07) is 17.7. The fraction of sp³-hybridized carbons (Fsp3) is 0.273. The van der Waals surface area contributed by atoms with Crippen molar-refractivity contribution in [3.8, 4) is 0 Å². The number of hydrogen-bond acceptors (Lipinski definition) is 7. The van der Waals surface area contributed by atoms with E-state index in [0.717, 1.165) is 30.8 Å². The van der Waals surface area contributed by atoms with Crippen molar-refractivity contribution in [3.63, 3.8) is 0 Å². The first-order chi connectivity index (χ1) is 15.1. The molecule has 4 rings (SSSR count). The van der Waals surface area contributed by atoms with Crippen molar-refractivity contribution in [2.75, 3.05) is 47.8 Å². The van der Waals surface area contributed by atoms with Crippen molar-refractivity contribution >= 4 is 34.6 Å². The highest BCUT2D eigenvalue weighted by molar-refractivity contribution is 6.30. The van der Waals surface area contributed by atoms with E-state index in [1.54, 1.807) is 0 Å². The molecule has 160 valence electrons. The maximum Gasteiger partial charge on any atom is 0.353 e. The van der Waals surface area contributed by atoms with Gasteiger partial charge in [-0.15, -0.1) is 0 Å². The molecule has 0 saturated carbocycles. The van der Waals surface area contributed by atoms with E-state index in [9.17, 15) is 10.1 Å². The number of rotatable bonds is 7. The van der Waals surface area contributed by atoms with Crippen LogP contribution in [0.25, 0.3) is 0 Å². The number of benzene rings is 2. The van der Waals surface area contributed by atoms with Gasteiger partial charge in [0.05, 0.1) is 4.92 Å². The van der Waals surface area contributed by atoms with Gasteiger partial charge in [-0.1, -0.05) is 48.0 Å². The summed E-state index contributed by atoms with van der Waals surface area (Å²) in [6.07, 6.45) is 2.13. The quantitative estimate of drug-likeness (QED) is 0.440. The summed E-state index contributed by atoms with van der Waals surface area (Å²) < 4.78 is 0. The van der Waals surface area contributed by atoms with E-state index in [0.29, 0.717) is 30.5 Å². The second-order valence-corrected chi connectivity index (χ2v) is 7.70. The fourth-order valence-electron chi connectivity index (χ4n) is 3.72. The van der Waals surface area contributed by atoms with Crippen LogP contribution < -0.4 is 15.1 Å². The summed E-state index contributed by atoms with van der Waals surface area (Å²) in [5.41, 5.74) is 2.13. The average Bonchev–Trinajstić information content (AvgIpc) is 2.79. The van der Waals surface area contributed by atoms with Crippen LogP contribution in [0.5, 0.6) is 0 Å². The minimum absolute atomic E-state index is 0.0771. The van der Waals surface area contributed by atoms with Crippen LogP contribution in [-0.2, 0) is 6.42 Å². The first kappa shape index (κ1) is 20.9. The van der Waals surface area contributed by atoms with E-state index in [2.05, 4.69) is 20.2 Å². The van der Waals surface area contributed by atoms with Gasteiger partial charge in [0.2, 0.25) is 11.6 Å². The van der Waals surface area contributed by atoms with Crippen LogP contribution in [0.4, 0.5) is 23.0 Å². The molecule has 3 aromatic rings. The largest absolute Gasteiger partial charge is 0.368 e. The molecule has 1 aliphatic rings. The number of nitrogens with one attached hydrogen (secondary N) is 1. The molecule has 0 unspecified atom stereocenters. The molecule has 1 saturated heterocycles. The zero-order chi connectivity index (χ0) is 21.6. The summed E-state index contributed by atoms with van der Waals surface area (Å²) in [5.74, 6) is 0.608. The smallest absolute Gasteiger partial charge is 0.353 e. The van der Waals surface area contributed by atoms with Crippen LogP contribution in [0.2, 0.25) is 5.02 Å². The number of piperazine rings is 1. The van der Waals surface area contributed by atoms with Gasteiger partial charge in [-0.2, -0.15) is 0 Å². The van der Waals surface area contributed by atoms with Gasteiger partial charge in [0.15, 0.2) is 0 Å². The predicted molar refractivity (Wildman–Crippen MR) is 123 cm³/mol. The Hall–Kier alpha value is -3.39. The van der Waals surface area contributed by atoms with Crippen LogP contribution in [0.1, 0.15) is 5.56 Å². The number of halogens is 1. The number of nitro groups is 1. The monoisotopic (exact) mass is 438 g/mol. The Labute approximate surface area is 185 Å². The topological polar surface area (TPSA) is 87.4 Å². The molecular weight excluding hydrogens is 416 g/mol. The maximum absolute atomic E-state index is 11.9. The molecule has 0 spiro atoms. The molecule has 0 bridgehead atoms. The highest BCUT2D eigenvalue weighted by Crippen LogP contribution is 2.33. The lowest BCUT2D eigenvalue weighted by molar-refractivity contribution is -0.383. The minimum atomic E-state index is -0.399. The second-order valence-electron chi connectivity index (χ2n) is 7.27. The third-order valence-electron chi connectivity index (χ3n) is 5.29. The first-order valence-electron chi connectivity index (χ1n) is 10.1. The summed E-state index contributed by atoms with van der Waals surface area (Å²) in [7, 11) is 0. The maximum atomic E-state index is 11.9. The van der Waals surface area contributed by atoms with E-state index in [-0.39, 0.29) is 11.5 Å². The van der Waals surface area contributed by atoms with Crippen LogP contribution >= 0.6 is 11.6 Å². The van der Waals surface area contributed by atoms with Gasteiger partial charge >= 0.3 is 5.69 Å². The predicted octanol–water partition coefficient (Wildman–Crippen LogP) is 4.02. The van der Waals surface area contributed by atoms with E-state index < -0.39 is 4.92 Å². The van der Waals surface area contributed by atoms with Crippen LogP contribution in [-0.4, -0.2) is 47.6 Å². The van der Waals surface area contributed by atoms with Crippen molar-refractivity contribution in [2.45, 2.75) is 6.42 Å². The molecule has 0 aliphatic carbocycles. The summed E-state index contributed by atoms with van der Waals surface area (Å²) in [5, 5.41) is 15.7. The molecule has 9 heteroatoms. The molecule has 31 heavy (non-hydrogen) atoms. The van der Waals surface area contributed by atoms with Gasteiger partial charge in [-0.3, -0.25) is 10.1 Å². The van der Waals surface area contributed by atoms with Crippen LogP contribution in [0.15, 0.2) is 60.9 Å².